The number of fused-ring (bicyclic) bond motifs is 1. The number of aliphatic carboxylic acids is 1. The summed E-state index contributed by atoms with van der Waals surface area (Å²) in [6, 6.07) is 5.47. The number of benzene rings is 1. The van der Waals surface area contributed by atoms with Gasteiger partial charge in [-0.3, -0.25) is 9.59 Å². The van der Waals surface area contributed by atoms with Gasteiger partial charge in [0.05, 0.1) is 25.0 Å². The molecule has 2 aromatic heterocycles. The quantitative estimate of drug-likeness (QED) is 0.0618. The Morgan fingerprint density at radius 3 is 2.04 bits per heavy atom. The Balaban J connectivity index is 1.30. The average molecular weight is 679 g/mol. The molecule has 13 nitrogen and oxygen atoms in total. The van der Waals surface area contributed by atoms with Crippen LogP contribution in [0.25, 0.3) is 11.2 Å². The van der Waals surface area contributed by atoms with Crippen LogP contribution in [0.1, 0.15) is 126 Å². The van der Waals surface area contributed by atoms with Gasteiger partial charge < -0.3 is 31.5 Å². The number of esters is 1. The second kappa shape index (κ2) is 21.4. The minimum atomic E-state index is -1.22. The fourth-order valence-corrected chi connectivity index (χ4v) is 5.58. The Bertz CT molecular complexity index is 1470. The number of carbonyl (C=O) groups excluding carboxylic acids is 2. The predicted molar refractivity (Wildman–Crippen MR) is 192 cm³/mol. The molecule has 0 fully saturated rings. The number of unbranched alkanes of at least 4 members (excludes halogenated alkanes) is 13. The molecule has 0 radical (unpaired) electrons. The molecule has 0 aliphatic rings. The number of amides is 1. The maximum Gasteiger partial charge on any atom is 0.326 e. The van der Waals surface area contributed by atoms with E-state index in [0.717, 1.165) is 24.9 Å². The second-order valence-electron chi connectivity index (χ2n) is 12.6. The van der Waals surface area contributed by atoms with Crippen molar-refractivity contribution in [1.29, 1.82) is 0 Å². The second-order valence-corrected chi connectivity index (χ2v) is 12.6. The third-order valence-corrected chi connectivity index (χ3v) is 8.47. The molecular formula is C36H54N8O5. The zero-order valence-electron chi connectivity index (χ0n) is 29.2. The minimum absolute atomic E-state index is 0.0241. The minimum Gasteiger partial charge on any atom is -0.480 e. The van der Waals surface area contributed by atoms with Crippen molar-refractivity contribution in [3.05, 3.63) is 41.7 Å². The highest BCUT2D eigenvalue weighted by molar-refractivity contribution is 5.97. The van der Waals surface area contributed by atoms with Crippen LogP contribution in [0.3, 0.4) is 0 Å². The first-order valence-electron chi connectivity index (χ1n) is 17.7. The highest BCUT2D eigenvalue weighted by atomic mass is 16.5. The molecule has 268 valence electrons. The molecule has 0 aliphatic heterocycles. The number of ether oxygens (including phenoxy) is 1. The number of carboxylic acid groups (broad SMARTS) is 1. The Labute approximate surface area is 289 Å². The van der Waals surface area contributed by atoms with Crippen molar-refractivity contribution in [2.45, 2.75) is 122 Å². The molecule has 49 heavy (non-hydrogen) atoms. The topological polar surface area (TPSA) is 200 Å². The van der Waals surface area contributed by atoms with E-state index in [1.54, 1.807) is 30.5 Å². The molecule has 0 spiro atoms. The van der Waals surface area contributed by atoms with E-state index in [-0.39, 0.29) is 30.2 Å². The largest absolute Gasteiger partial charge is 0.480 e. The molecule has 0 saturated carbocycles. The maximum absolute atomic E-state index is 12.8. The van der Waals surface area contributed by atoms with Gasteiger partial charge in [-0.05, 0) is 37.1 Å². The van der Waals surface area contributed by atoms with E-state index in [0.29, 0.717) is 30.0 Å². The van der Waals surface area contributed by atoms with Crippen LogP contribution in [0.4, 0.5) is 17.5 Å². The number of carbonyl (C=O) groups is 3. The first-order chi connectivity index (χ1) is 23.7. The fourth-order valence-electron chi connectivity index (χ4n) is 5.58. The van der Waals surface area contributed by atoms with E-state index < -0.39 is 23.9 Å². The molecule has 3 aromatic rings. The molecule has 0 unspecified atom stereocenters. The highest BCUT2D eigenvalue weighted by Gasteiger charge is 2.22. The molecular weight excluding hydrogens is 624 g/mol. The van der Waals surface area contributed by atoms with Crippen molar-refractivity contribution >= 4 is 46.5 Å². The lowest BCUT2D eigenvalue weighted by Gasteiger charge is -2.19. The van der Waals surface area contributed by atoms with E-state index in [1.165, 1.54) is 70.6 Å². The van der Waals surface area contributed by atoms with Crippen molar-refractivity contribution in [2.24, 2.45) is 0 Å². The molecule has 2 heterocycles. The molecule has 6 N–H and O–H groups in total. The standard InChI is InChI=1S/C36H54N8O5/c1-3-4-5-6-7-8-9-10-11-12-13-14-15-16-23-49-30(45)22-21-29(35(47)48)41-34(46)26-17-19-28(20-18-26)44(2)25-27-24-39-33-31(40-27)32(37)42-36(38)43-33/h17-20,24,29H,3-16,21-23,25H2,1-2H3,(H,41,46)(H,47,48)(H4,37,38,39,42,43)/t29-/m0/s1. The number of nitrogens with zero attached hydrogens (tertiary/aromatic N) is 5. The molecule has 1 amide bonds. The maximum atomic E-state index is 12.8. The molecule has 1 atom stereocenters. The Hall–Kier alpha value is -4.55. The molecule has 0 bridgehead atoms. The van der Waals surface area contributed by atoms with E-state index in [1.807, 2.05) is 11.9 Å². The number of aromatic nitrogens is 4. The van der Waals surface area contributed by atoms with Crippen molar-refractivity contribution in [3.63, 3.8) is 0 Å². The number of nitrogen functional groups attached to an aromatic ring is 2. The van der Waals surface area contributed by atoms with Gasteiger partial charge in [0, 0.05) is 24.7 Å². The summed E-state index contributed by atoms with van der Waals surface area (Å²) >= 11 is 0. The summed E-state index contributed by atoms with van der Waals surface area (Å²) in [6.45, 7) is 2.96. The zero-order chi connectivity index (χ0) is 35.4. The van der Waals surface area contributed by atoms with Crippen molar-refractivity contribution < 1.29 is 24.2 Å². The van der Waals surface area contributed by atoms with Gasteiger partial charge in [-0.1, -0.05) is 90.4 Å². The molecule has 0 saturated heterocycles. The predicted octanol–water partition coefficient (Wildman–Crippen LogP) is 6.21. The van der Waals surface area contributed by atoms with Crippen LogP contribution in [0.5, 0.6) is 0 Å². The fraction of sp³-hybridized carbons (Fsp3) is 0.583. The summed E-state index contributed by atoms with van der Waals surface area (Å²) in [4.78, 5) is 55.5. The SMILES string of the molecule is CCCCCCCCCCCCCCCCOC(=O)CC[C@H](NC(=O)c1ccc(N(C)Cc2cnc3nc(N)nc(N)c3n2)cc1)C(=O)O. The molecule has 13 heteroatoms. The van der Waals surface area contributed by atoms with E-state index in [4.69, 9.17) is 16.2 Å². The summed E-state index contributed by atoms with van der Waals surface area (Å²) in [7, 11) is 1.85. The molecule has 0 aliphatic carbocycles. The smallest absolute Gasteiger partial charge is 0.326 e. The lowest BCUT2D eigenvalue weighted by atomic mass is 10.0. The summed E-state index contributed by atoms with van der Waals surface area (Å²) in [5.74, 6) is -2.05. The van der Waals surface area contributed by atoms with Gasteiger partial charge in [0.2, 0.25) is 5.95 Å². The normalized spacial score (nSPS) is 11.7. The van der Waals surface area contributed by atoms with E-state index in [2.05, 4.69) is 32.2 Å². The van der Waals surface area contributed by atoms with Gasteiger partial charge in [0.25, 0.3) is 5.91 Å². The van der Waals surface area contributed by atoms with Crippen LogP contribution in [0.2, 0.25) is 0 Å². The molecule has 3 rings (SSSR count). The number of carboxylic acids is 1. The lowest BCUT2D eigenvalue weighted by molar-refractivity contribution is -0.144. The van der Waals surface area contributed by atoms with Crippen LogP contribution in [0.15, 0.2) is 30.5 Å². The number of hydrogen-bond acceptors (Lipinski definition) is 11. The van der Waals surface area contributed by atoms with Crippen LogP contribution < -0.4 is 21.7 Å². The molecule has 1 aromatic carbocycles. The van der Waals surface area contributed by atoms with Crippen LogP contribution >= 0.6 is 0 Å². The number of anilines is 3. The number of nitrogens with two attached hydrogens (primary N) is 2. The van der Waals surface area contributed by atoms with Crippen LogP contribution in [-0.2, 0) is 20.9 Å². The number of nitrogens with one attached hydrogen (secondary N) is 1. The third kappa shape index (κ3) is 14.2. The highest BCUT2D eigenvalue weighted by Crippen LogP contribution is 2.19. The Kier molecular flexibility index (Phi) is 17.0. The van der Waals surface area contributed by atoms with Gasteiger partial charge in [-0.15, -0.1) is 0 Å². The van der Waals surface area contributed by atoms with Gasteiger partial charge in [0.1, 0.15) is 6.04 Å². The van der Waals surface area contributed by atoms with Crippen molar-refractivity contribution in [1.82, 2.24) is 25.3 Å². The zero-order valence-corrected chi connectivity index (χ0v) is 29.2. The van der Waals surface area contributed by atoms with Gasteiger partial charge in [0.15, 0.2) is 17.0 Å². The van der Waals surface area contributed by atoms with E-state index >= 15 is 0 Å². The number of hydrogen-bond donors (Lipinski definition) is 4. The summed E-state index contributed by atoms with van der Waals surface area (Å²) in [5.41, 5.74) is 13.9. The third-order valence-electron chi connectivity index (χ3n) is 8.47. The summed E-state index contributed by atoms with van der Waals surface area (Å²) in [5, 5.41) is 12.2. The first kappa shape index (κ1) is 38.9. The van der Waals surface area contributed by atoms with Crippen molar-refractivity contribution in [3.8, 4) is 0 Å². The Morgan fingerprint density at radius 1 is 0.857 bits per heavy atom. The first-order valence-corrected chi connectivity index (χ1v) is 17.7. The average Bonchev–Trinajstić information content (AvgIpc) is 3.08. The van der Waals surface area contributed by atoms with E-state index in [9.17, 15) is 19.5 Å². The summed E-state index contributed by atoms with van der Waals surface area (Å²) < 4.78 is 5.30. The van der Waals surface area contributed by atoms with Gasteiger partial charge in [-0.2, -0.15) is 9.97 Å². The monoisotopic (exact) mass is 678 g/mol. The Morgan fingerprint density at radius 2 is 1.45 bits per heavy atom. The van der Waals surface area contributed by atoms with Gasteiger partial charge >= 0.3 is 11.9 Å². The lowest BCUT2D eigenvalue weighted by Crippen LogP contribution is -2.41. The van der Waals surface area contributed by atoms with Crippen molar-refractivity contribution in [2.75, 3.05) is 30.0 Å². The number of rotatable bonds is 24. The summed E-state index contributed by atoms with van der Waals surface area (Å²) in [6.07, 6.45) is 18.9. The van der Waals surface area contributed by atoms with Crippen LogP contribution in [0, 0.1) is 0 Å². The van der Waals surface area contributed by atoms with Crippen LogP contribution in [-0.4, -0.2) is 62.6 Å². The van der Waals surface area contributed by atoms with Gasteiger partial charge in [-0.25, -0.2) is 14.8 Å².